The van der Waals surface area contributed by atoms with E-state index in [0.717, 1.165) is 25.0 Å². The third kappa shape index (κ3) is 4.84. The normalized spacial score (nSPS) is 15.5. The fourth-order valence-corrected chi connectivity index (χ4v) is 2.28. The van der Waals surface area contributed by atoms with Gasteiger partial charge in [-0.1, -0.05) is 0 Å². The summed E-state index contributed by atoms with van der Waals surface area (Å²) in [5.41, 5.74) is -1.84. The average Bonchev–Trinajstić information content (AvgIpc) is 3.31. The number of halogens is 4. The van der Waals surface area contributed by atoms with E-state index in [2.05, 4.69) is 15.4 Å². The first-order chi connectivity index (χ1) is 11.2. The number of hydrogen-bond acceptors (Lipinski definition) is 3. The number of alkyl halides is 3. The van der Waals surface area contributed by atoms with E-state index in [-0.39, 0.29) is 12.3 Å². The van der Waals surface area contributed by atoms with Crippen LogP contribution in [0.1, 0.15) is 24.8 Å². The maximum Gasteiger partial charge on any atom is 0.418 e. The zero-order valence-electron chi connectivity index (χ0n) is 12.7. The summed E-state index contributed by atoms with van der Waals surface area (Å²) in [6.45, 7) is 0. The Labute approximate surface area is 135 Å². The molecule has 0 aromatic heterocycles. The van der Waals surface area contributed by atoms with Gasteiger partial charge < -0.3 is 15.4 Å². The van der Waals surface area contributed by atoms with Crippen LogP contribution in [-0.2, 0) is 15.7 Å². The van der Waals surface area contributed by atoms with Crippen LogP contribution in [0.25, 0.3) is 0 Å². The van der Waals surface area contributed by atoms with Crippen molar-refractivity contribution in [3.63, 3.8) is 0 Å². The van der Waals surface area contributed by atoms with Gasteiger partial charge in [-0.15, -0.1) is 0 Å². The number of amides is 2. The molecule has 1 saturated carbocycles. The second-order valence-electron chi connectivity index (χ2n) is 5.51. The second kappa shape index (κ2) is 7.06. The summed E-state index contributed by atoms with van der Waals surface area (Å²) in [7, 11) is 1.21. The lowest BCUT2D eigenvalue weighted by molar-refractivity contribution is -0.141. The number of anilines is 1. The van der Waals surface area contributed by atoms with Crippen LogP contribution in [0.15, 0.2) is 18.2 Å². The smallest absolute Gasteiger partial charge is 0.418 e. The van der Waals surface area contributed by atoms with Gasteiger partial charge in [-0.05, 0) is 37.0 Å². The zero-order valence-corrected chi connectivity index (χ0v) is 12.7. The minimum absolute atomic E-state index is 0.0653. The van der Waals surface area contributed by atoms with Gasteiger partial charge in [-0.3, -0.25) is 4.79 Å². The van der Waals surface area contributed by atoms with Crippen molar-refractivity contribution in [1.29, 1.82) is 0 Å². The first kappa shape index (κ1) is 18.0. The van der Waals surface area contributed by atoms with E-state index >= 15 is 0 Å². The van der Waals surface area contributed by atoms with Crippen molar-refractivity contribution >= 4 is 17.7 Å². The van der Waals surface area contributed by atoms with Crippen molar-refractivity contribution in [2.24, 2.45) is 5.92 Å². The van der Waals surface area contributed by atoms with Crippen LogP contribution in [0.4, 0.5) is 28.0 Å². The first-order valence-corrected chi connectivity index (χ1v) is 7.21. The van der Waals surface area contributed by atoms with Crippen molar-refractivity contribution in [1.82, 2.24) is 5.32 Å². The van der Waals surface area contributed by atoms with E-state index in [1.54, 1.807) is 0 Å². The molecule has 1 aliphatic rings. The summed E-state index contributed by atoms with van der Waals surface area (Å²) in [5, 5.41) is 4.53. The summed E-state index contributed by atoms with van der Waals surface area (Å²) in [4.78, 5) is 23.3. The Balaban J connectivity index is 2.07. The highest BCUT2D eigenvalue weighted by Crippen LogP contribution is 2.36. The third-order valence-electron chi connectivity index (χ3n) is 3.66. The largest absolute Gasteiger partial charge is 0.469 e. The summed E-state index contributed by atoms with van der Waals surface area (Å²) < 4.78 is 56.3. The van der Waals surface area contributed by atoms with E-state index in [9.17, 15) is 27.2 Å². The van der Waals surface area contributed by atoms with Gasteiger partial charge in [0.2, 0.25) is 0 Å². The molecule has 2 amide bonds. The molecule has 2 rings (SSSR count). The second-order valence-corrected chi connectivity index (χ2v) is 5.51. The Kier molecular flexibility index (Phi) is 5.30. The van der Waals surface area contributed by atoms with Crippen molar-refractivity contribution < 1.29 is 31.9 Å². The number of methoxy groups -OCH3 is 1. The topological polar surface area (TPSA) is 67.4 Å². The van der Waals surface area contributed by atoms with E-state index in [1.165, 1.54) is 7.11 Å². The first-order valence-electron chi connectivity index (χ1n) is 7.21. The Hall–Kier alpha value is -2.32. The quantitative estimate of drug-likeness (QED) is 0.634. The van der Waals surface area contributed by atoms with Crippen LogP contribution in [0, 0.1) is 11.7 Å². The van der Waals surface area contributed by atoms with Gasteiger partial charge in [0.15, 0.2) is 0 Å². The Morgan fingerprint density at radius 2 is 2.00 bits per heavy atom. The number of carbonyl (C=O) groups is 2. The van der Waals surface area contributed by atoms with Gasteiger partial charge in [0.1, 0.15) is 5.82 Å². The Morgan fingerprint density at radius 1 is 1.33 bits per heavy atom. The highest BCUT2D eigenvalue weighted by molar-refractivity contribution is 5.90. The van der Waals surface area contributed by atoms with Gasteiger partial charge in [0.05, 0.1) is 24.8 Å². The van der Waals surface area contributed by atoms with Crippen LogP contribution in [0.5, 0.6) is 0 Å². The molecular formula is C15H16F4N2O3. The van der Waals surface area contributed by atoms with Crippen LogP contribution < -0.4 is 10.6 Å². The minimum Gasteiger partial charge on any atom is -0.469 e. The molecule has 9 heteroatoms. The molecule has 1 aliphatic carbocycles. The highest BCUT2D eigenvalue weighted by Gasteiger charge is 2.36. The maximum atomic E-state index is 13.0. The fraction of sp³-hybridized carbons (Fsp3) is 0.467. The van der Waals surface area contributed by atoms with Gasteiger partial charge >= 0.3 is 18.2 Å². The van der Waals surface area contributed by atoms with Crippen LogP contribution in [0.2, 0.25) is 0 Å². The summed E-state index contributed by atoms with van der Waals surface area (Å²) >= 11 is 0. The number of urea groups is 1. The molecule has 1 atom stereocenters. The number of nitrogens with one attached hydrogen (secondary N) is 2. The Morgan fingerprint density at radius 3 is 2.54 bits per heavy atom. The third-order valence-corrected chi connectivity index (χ3v) is 3.66. The van der Waals surface area contributed by atoms with Gasteiger partial charge in [0.25, 0.3) is 0 Å². The SMILES string of the molecule is COC(=O)CC(NC(=O)Nc1ccc(F)cc1C(F)(F)F)C1CC1. The number of rotatable bonds is 5. The molecule has 1 fully saturated rings. The lowest BCUT2D eigenvalue weighted by Crippen LogP contribution is -2.41. The summed E-state index contributed by atoms with van der Waals surface area (Å²) in [5.74, 6) is -1.50. The molecule has 5 nitrogen and oxygen atoms in total. The van der Waals surface area contributed by atoms with Crippen LogP contribution in [-0.4, -0.2) is 25.2 Å². The standard InChI is InChI=1S/C15H16F4N2O3/c1-24-13(22)7-12(8-2-3-8)21-14(23)20-11-5-4-9(16)6-10(11)15(17,18)19/h4-6,8,12H,2-3,7H2,1H3,(H2,20,21,23). The predicted octanol–water partition coefficient (Wildman–Crippen LogP) is 3.31. The molecule has 2 N–H and O–H groups in total. The van der Waals surface area contributed by atoms with Crippen molar-refractivity contribution in [2.45, 2.75) is 31.5 Å². The lowest BCUT2D eigenvalue weighted by atomic mass is 10.1. The molecule has 1 unspecified atom stereocenters. The van der Waals surface area contributed by atoms with Crippen molar-refractivity contribution in [2.75, 3.05) is 12.4 Å². The number of hydrogen-bond donors (Lipinski definition) is 2. The van der Waals surface area contributed by atoms with E-state index in [4.69, 9.17) is 0 Å². The molecular weight excluding hydrogens is 332 g/mol. The summed E-state index contributed by atoms with van der Waals surface area (Å²) in [6.07, 6.45) is -3.25. The number of ether oxygens (including phenoxy) is 1. The zero-order chi connectivity index (χ0) is 17.9. The van der Waals surface area contributed by atoms with Gasteiger partial charge in [0, 0.05) is 6.04 Å². The average molecular weight is 348 g/mol. The van der Waals surface area contributed by atoms with Crippen LogP contribution >= 0.6 is 0 Å². The minimum atomic E-state index is -4.81. The molecule has 1 aromatic rings. The fourth-order valence-electron chi connectivity index (χ4n) is 2.28. The Bertz CT molecular complexity index is 630. The molecule has 132 valence electrons. The predicted molar refractivity (Wildman–Crippen MR) is 76.7 cm³/mol. The molecule has 0 spiro atoms. The van der Waals surface area contributed by atoms with Crippen molar-refractivity contribution in [3.8, 4) is 0 Å². The molecule has 0 saturated heterocycles. The number of esters is 1. The van der Waals surface area contributed by atoms with Crippen LogP contribution in [0.3, 0.4) is 0 Å². The van der Waals surface area contributed by atoms with E-state index in [1.807, 2.05) is 0 Å². The lowest BCUT2D eigenvalue weighted by Gasteiger charge is -2.19. The number of carbonyl (C=O) groups excluding carboxylic acids is 2. The van der Waals surface area contributed by atoms with E-state index in [0.29, 0.717) is 6.07 Å². The summed E-state index contributed by atoms with van der Waals surface area (Å²) in [6, 6.07) is 0.546. The van der Waals surface area contributed by atoms with Gasteiger partial charge in [-0.2, -0.15) is 13.2 Å². The molecule has 0 bridgehead atoms. The molecule has 24 heavy (non-hydrogen) atoms. The number of benzene rings is 1. The maximum absolute atomic E-state index is 13.0. The monoisotopic (exact) mass is 348 g/mol. The highest BCUT2D eigenvalue weighted by atomic mass is 19.4. The van der Waals surface area contributed by atoms with Gasteiger partial charge in [-0.25, -0.2) is 9.18 Å². The van der Waals surface area contributed by atoms with E-state index < -0.39 is 41.3 Å². The molecule has 1 aromatic carbocycles. The van der Waals surface area contributed by atoms with Crippen molar-refractivity contribution in [3.05, 3.63) is 29.6 Å². The molecule has 0 heterocycles. The molecule has 0 radical (unpaired) electrons. The molecule has 0 aliphatic heterocycles.